The molecule has 0 unspecified atom stereocenters. The van der Waals surface area contributed by atoms with Crippen molar-refractivity contribution in [3.63, 3.8) is 0 Å². The highest BCUT2D eigenvalue weighted by atomic mass is 32.2. The fourth-order valence-corrected chi connectivity index (χ4v) is 3.80. The van der Waals surface area contributed by atoms with Crippen molar-refractivity contribution in [3.8, 4) is 6.07 Å². The third kappa shape index (κ3) is 2.94. The molecule has 0 aliphatic heterocycles. The number of aryl methyl sites for hydroxylation is 1. The Kier molecular flexibility index (Phi) is 4.52. The first-order valence-corrected chi connectivity index (χ1v) is 7.45. The highest BCUT2D eigenvalue weighted by Gasteiger charge is 2.35. The molecule has 0 aromatic heterocycles. The molecule has 100 valence electrons. The SMILES string of the molecule is CO[C@@H]1C=CC[C@H]([S@@](=O)c2ccc(C)cc2)[C@@H]1C#N. The van der Waals surface area contributed by atoms with Crippen LogP contribution in [-0.4, -0.2) is 22.7 Å². The predicted octanol–water partition coefficient (Wildman–Crippen LogP) is 2.59. The number of ether oxygens (including phenoxy) is 1. The smallest absolute Gasteiger partial charge is 0.0922 e. The number of hydrogen-bond donors (Lipinski definition) is 0. The number of allylic oxidation sites excluding steroid dienone is 1. The van der Waals surface area contributed by atoms with Gasteiger partial charge in [-0.15, -0.1) is 0 Å². The summed E-state index contributed by atoms with van der Waals surface area (Å²) in [5.74, 6) is -0.364. The summed E-state index contributed by atoms with van der Waals surface area (Å²) in [6, 6.07) is 9.89. The first kappa shape index (κ1) is 14.0. The van der Waals surface area contributed by atoms with Crippen molar-refractivity contribution >= 4 is 10.8 Å². The Morgan fingerprint density at radius 1 is 1.37 bits per heavy atom. The number of hydrogen-bond acceptors (Lipinski definition) is 3. The lowest BCUT2D eigenvalue weighted by Crippen LogP contribution is -2.36. The summed E-state index contributed by atoms with van der Waals surface area (Å²) in [6.07, 6.45) is 4.23. The Morgan fingerprint density at radius 3 is 2.63 bits per heavy atom. The van der Waals surface area contributed by atoms with Crippen molar-refractivity contribution in [2.75, 3.05) is 7.11 Å². The Labute approximate surface area is 116 Å². The van der Waals surface area contributed by atoms with Crippen molar-refractivity contribution < 1.29 is 8.95 Å². The molecule has 0 radical (unpaired) electrons. The summed E-state index contributed by atoms with van der Waals surface area (Å²) in [4.78, 5) is 0.779. The number of methoxy groups -OCH3 is 1. The third-order valence-corrected chi connectivity index (χ3v) is 5.17. The van der Waals surface area contributed by atoms with Crippen LogP contribution in [0.25, 0.3) is 0 Å². The molecule has 0 N–H and O–H groups in total. The van der Waals surface area contributed by atoms with Gasteiger partial charge in [0.2, 0.25) is 0 Å². The molecule has 1 aromatic carbocycles. The van der Waals surface area contributed by atoms with Crippen LogP contribution in [0.15, 0.2) is 41.3 Å². The summed E-state index contributed by atoms with van der Waals surface area (Å²) in [5.41, 5.74) is 1.14. The van der Waals surface area contributed by atoms with Gasteiger partial charge in [-0.3, -0.25) is 4.21 Å². The fourth-order valence-electron chi connectivity index (χ4n) is 2.27. The molecule has 4 atom stereocenters. The van der Waals surface area contributed by atoms with Gasteiger partial charge in [0, 0.05) is 12.0 Å². The molecule has 0 heterocycles. The maximum atomic E-state index is 12.6. The van der Waals surface area contributed by atoms with Gasteiger partial charge >= 0.3 is 0 Å². The lowest BCUT2D eigenvalue weighted by molar-refractivity contribution is 0.104. The van der Waals surface area contributed by atoms with Gasteiger partial charge < -0.3 is 4.74 Å². The Hall–Kier alpha value is -1.44. The second-order valence-corrected chi connectivity index (χ2v) is 6.34. The van der Waals surface area contributed by atoms with Crippen LogP contribution in [0, 0.1) is 24.2 Å². The van der Waals surface area contributed by atoms with E-state index >= 15 is 0 Å². The molecule has 1 aromatic rings. The Bertz CT molecular complexity index is 530. The summed E-state index contributed by atoms with van der Waals surface area (Å²) in [5, 5.41) is 9.10. The van der Waals surface area contributed by atoms with E-state index in [9.17, 15) is 9.47 Å². The number of benzene rings is 1. The highest BCUT2D eigenvalue weighted by molar-refractivity contribution is 7.85. The summed E-state index contributed by atoms with van der Waals surface area (Å²) in [7, 11) is 0.396. The molecular formula is C15H17NO2S. The van der Waals surface area contributed by atoms with E-state index in [2.05, 4.69) is 6.07 Å². The molecule has 0 fully saturated rings. The van der Waals surface area contributed by atoms with Gasteiger partial charge in [-0.25, -0.2) is 0 Å². The fraction of sp³-hybridized carbons (Fsp3) is 0.400. The molecule has 1 aliphatic carbocycles. The van der Waals surface area contributed by atoms with E-state index < -0.39 is 10.8 Å². The second kappa shape index (κ2) is 6.14. The lowest BCUT2D eigenvalue weighted by Gasteiger charge is -2.28. The minimum atomic E-state index is -1.18. The number of rotatable bonds is 3. The summed E-state index contributed by atoms with van der Waals surface area (Å²) < 4.78 is 17.9. The lowest BCUT2D eigenvalue weighted by atomic mass is 9.92. The van der Waals surface area contributed by atoms with Crippen LogP contribution in [0.5, 0.6) is 0 Å². The molecule has 19 heavy (non-hydrogen) atoms. The monoisotopic (exact) mass is 275 g/mol. The van der Waals surface area contributed by atoms with Crippen molar-refractivity contribution in [1.29, 1.82) is 5.26 Å². The van der Waals surface area contributed by atoms with Gasteiger partial charge in [0.15, 0.2) is 0 Å². The van der Waals surface area contributed by atoms with E-state index in [1.54, 1.807) is 7.11 Å². The van der Waals surface area contributed by atoms with Crippen LogP contribution in [0.3, 0.4) is 0 Å². The Morgan fingerprint density at radius 2 is 2.05 bits per heavy atom. The molecule has 4 heteroatoms. The molecule has 0 amide bonds. The van der Waals surface area contributed by atoms with E-state index in [0.29, 0.717) is 6.42 Å². The standard InChI is InChI=1S/C15H17NO2S/c1-11-6-8-12(9-7-11)19(17)15-5-3-4-14(18-2)13(15)10-16/h3-4,6-9,13-15H,5H2,1-2H3/t13-,14-,15+,19+/m1/s1. The quantitative estimate of drug-likeness (QED) is 0.797. The molecular weight excluding hydrogens is 258 g/mol. The summed E-state index contributed by atoms with van der Waals surface area (Å²) >= 11 is 0. The van der Waals surface area contributed by atoms with E-state index in [4.69, 9.17) is 4.74 Å². The molecule has 3 nitrogen and oxygen atoms in total. The van der Waals surface area contributed by atoms with Crippen LogP contribution in [0.4, 0.5) is 0 Å². The zero-order chi connectivity index (χ0) is 13.8. The average Bonchev–Trinajstić information content (AvgIpc) is 2.46. The van der Waals surface area contributed by atoms with Gasteiger partial charge in [-0.2, -0.15) is 5.26 Å². The maximum Gasteiger partial charge on any atom is 0.0922 e. The normalized spacial score (nSPS) is 27.7. The van der Waals surface area contributed by atoms with E-state index in [-0.39, 0.29) is 17.3 Å². The minimum Gasteiger partial charge on any atom is -0.376 e. The predicted molar refractivity (Wildman–Crippen MR) is 75.0 cm³/mol. The average molecular weight is 275 g/mol. The first-order chi connectivity index (χ1) is 9.17. The van der Waals surface area contributed by atoms with Crippen molar-refractivity contribution in [1.82, 2.24) is 0 Å². The molecule has 1 aliphatic rings. The van der Waals surface area contributed by atoms with Crippen LogP contribution in [-0.2, 0) is 15.5 Å². The van der Waals surface area contributed by atoms with Crippen LogP contribution < -0.4 is 0 Å². The first-order valence-electron chi connectivity index (χ1n) is 6.23. The maximum absolute atomic E-state index is 12.6. The zero-order valence-corrected chi connectivity index (χ0v) is 11.9. The van der Waals surface area contributed by atoms with Gasteiger partial charge in [0.1, 0.15) is 0 Å². The van der Waals surface area contributed by atoms with Crippen molar-refractivity contribution in [2.45, 2.75) is 29.6 Å². The van der Waals surface area contributed by atoms with Crippen LogP contribution in [0.2, 0.25) is 0 Å². The van der Waals surface area contributed by atoms with Crippen LogP contribution in [0.1, 0.15) is 12.0 Å². The summed E-state index contributed by atoms with van der Waals surface area (Å²) in [6.45, 7) is 2.00. The third-order valence-electron chi connectivity index (χ3n) is 3.40. The minimum absolute atomic E-state index is 0.206. The van der Waals surface area contributed by atoms with Gasteiger partial charge in [-0.1, -0.05) is 29.8 Å². The van der Waals surface area contributed by atoms with E-state index in [1.165, 1.54) is 0 Å². The number of nitriles is 1. The van der Waals surface area contributed by atoms with E-state index in [1.807, 2.05) is 43.3 Å². The van der Waals surface area contributed by atoms with Crippen molar-refractivity contribution in [3.05, 3.63) is 42.0 Å². The van der Waals surface area contributed by atoms with Gasteiger partial charge in [0.05, 0.1) is 34.1 Å². The molecule has 2 rings (SSSR count). The van der Waals surface area contributed by atoms with Gasteiger partial charge in [0.25, 0.3) is 0 Å². The van der Waals surface area contributed by atoms with Crippen molar-refractivity contribution in [2.24, 2.45) is 5.92 Å². The second-order valence-electron chi connectivity index (χ2n) is 4.67. The number of nitrogens with zero attached hydrogens (tertiary/aromatic N) is 1. The molecule has 0 spiro atoms. The molecule has 0 saturated carbocycles. The van der Waals surface area contributed by atoms with Crippen LogP contribution >= 0.6 is 0 Å². The Balaban J connectivity index is 2.25. The largest absolute Gasteiger partial charge is 0.376 e. The topological polar surface area (TPSA) is 50.1 Å². The highest BCUT2D eigenvalue weighted by Crippen LogP contribution is 2.28. The molecule has 0 saturated heterocycles. The van der Waals surface area contributed by atoms with Gasteiger partial charge in [-0.05, 0) is 25.5 Å². The molecule has 0 bridgehead atoms. The zero-order valence-electron chi connectivity index (χ0n) is 11.1. The van der Waals surface area contributed by atoms with E-state index in [0.717, 1.165) is 10.5 Å².